The van der Waals surface area contributed by atoms with E-state index in [0.29, 0.717) is 23.5 Å². The van der Waals surface area contributed by atoms with Crippen LogP contribution in [0.15, 0.2) is 54.6 Å². The van der Waals surface area contributed by atoms with E-state index in [1.165, 1.54) is 38.5 Å². The molecule has 0 N–H and O–H groups in total. The summed E-state index contributed by atoms with van der Waals surface area (Å²) in [6, 6.07) is 16.0. The standard InChI is InChI=1S/C31H35F3/c1-3-5-6-7-21-8-10-24(11-9-21)27-18-17-26(20-29(27)32)23-12-14-25(15-13-23)28-19-16-22(4-2)30(33)31(28)34/h12-21,24H,3-11H2,1-2H3. The largest absolute Gasteiger partial charge is 0.207 e. The fourth-order valence-electron chi connectivity index (χ4n) is 5.41. The molecule has 0 nitrogen and oxygen atoms in total. The number of halogens is 3. The smallest absolute Gasteiger partial charge is 0.166 e. The van der Waals surface area contributed by atoms with Crippen LogP contribution in [0.2, 0.25) is 0 Å². The maximum atomic E-state index is 15.1. The molecule has 1 saturated carbocycles. The van der Waals surface area contributed by atoms with Crippen molar-refractivity contribution in [1.29, 1.82) is 0 Å². The van der Waals surface area contributed by atoms with Crippen molar-refractivity contribution < 1.29 is 13.2 Å². The molecule has 0 atom stereocenters. The molecule has 1 fully saturated rings. The van der Waals surface area contributed by atoms with Gasteiger partial charge in [0, 0.05) is 5.56 Å². The van der Waals surface area contributed by atoms with Crippen LogP contribution >= 0.6 is 0 Å². The summed E-state index contributed by atoms with van der Waals surface area (Å²) in [5, 5.41) is 0. The first kappa shape index (κ1) is 24.6. The molecule has 1 aliphatic carbocycles. The van der Waals surface area contributed by atoms with Crippen molar-refractivity contribution in [3.8, 4) is 22.3 Å². The Morgan fingerprint density at radius 2 is 1.38 bits per heavy atom. The third-order valence-electron chi connectivity index (χ3n) is 7.58. The van der Waals surface area contributed by atoms with Gasteiger partial charge < -0.3 is 0 Å². The Morgan fingerprint density at radius 1 is 0.706 bits per heavy atom. The quantitative estimate of drug-likeness (QED) is 0.291. The molecule has 0 unspecified atom stereocenters. The lowest BCUT2D eigenvalue weighted by molar-refractivity contribution is 0.299. The van der Waals surface area contributed by atoms with E-state index < -0.39 is 11.6 Å². The van der Waals surface area contributed by atoms with E-state index in [1.807, 2.05) is 24.3 Å². The molecule has 0 spiro atoms. The minimum absolute atomic E-state index is 0.140. The minimum atomic E-state index is -0.817. The van der Waals surface area contributed by atoms with Gasteiger partial charge in [-0.05, 0) is 77.8 Å². The highest BCUT2D eigenvalue weighted by Crippen LogP contribution is 2.39. The van der Waals surface area contributed by atoms with Crippen molar-refractivity contribution in [2.24, 2.45) is 5.92 Å². The van der Waals surface area contributed by atoms with Crippen LogP contribution in [0.25, 0.3) is 22.3 Å². The van der Waals surface area contributed by atoms with Crippen LogP contribution in [0, 0.1) is 23.4 Å². The summed E-state index contributed by atoms with van der Waals surface area (Å²) in [7, 11) is 0. The van der Waals surface area contributed by atoms with E-state index >= 15 is 4.39 Å². The van der Waals surface area contributed by atoms with E-state index in [4.69, 9.17) is 0 Å². The summed E-state index contributed by atoms with van der Waals surface area (Å²) in [6.45, 7) is 4.04. The summed E-state index contributed by atoms with van der Waals surface area (Å²) in [6.07, 6.45) is 10.2. The molecule has 0 aliphatic heterocycles. The van der Waals surface area contributed by atoms with Crippen molar-refractivity contribution in [1.82, 2.24) is 0 Å². The van der Waals surface area contributed by atoms with Gasteiger partial charge in [-0.3, -0.25) is 0 Å². The zero-order valence-electron chi connectivity index (χ0n) is 20.3. The van der Waals surface area contributed by atoms with Gasteiger partial charge in [0.1, 0.15) is 5.82 Å². The van der Waals surface area contributed by atoms with Gasteiger partial charge in [0.05, 0.1) is 0 Å². The lowest BCUT2D eigenvalue weighted by Gasteiger charge is -2.29. The fourth-order valence-corrected chi connectivity index (χ4v) is 5.41. The number of unbranched alkanes of at least 4 members (excludes halogenated alkanes) is 2. The first-order valence-electron chi connectivity index (χ1n) is 12.9. The first-order chi connectivity index (χ1) is 16.5. The van der Waals surface area contributed by atoms with Gasteiger partial charge >= 0.3 is 0 Å². The third kappa shape index (κ3) is 5.40. The SMILES string of the molecule is CCCCCC1CCC(c2ccc(-c3ccc(-c4ccc(CC)c(F)c4F)cc3)cc2F)CC1. The number of hydrogen-bond donors (Lipinski definition) is 0. The average molecular weight is 465 g/mol. The van der Waals surface area contributed by atoms with Gasteiger partial charge in [0.15, 0.2) is 11.6 Å². The van der Waals surface area contributed by atoms with Gasteiger partial charge in [0.25, 0.3) is 0 Å². The van der Waals surface area contributed by atoms with Crippen LogP contribution in [-0.4, -0.2) is 0 Å². The van der Waals surface area contributed by atoms with Gasteiger partial charge in [-0.25, -0.2) is 13.2 Å². The molecule has 4 rings (SSSR count). The Morgan fingerprint density at radius 3 is 2.03 bits per heavy atom. The topological polar surface area (TPSA) is 0 Å². The Labute approximate surface area is 202 Å². The highest BCUT2D eigenvalue weighted by molar-refractivity contribution is 5.71. The molecular weight excluding hydrogens is 429 g/mol. The molecule has 34 heavy (non-hydrogen) atoms. The highest BCUT2D eigenvalue weighted by Gasteiger charge is 2.24. The predicted molar refractivity (Wildman–Crippen MR) is 135 cm³/mol. The summed E-state index contributed by atoms with van der Waals surface area (Å²) >= 11 is 0. The van der Waals surface area contributed by atoms with Crippen molar-refractivity contribution >= 4 is 0 Å². The van der Waals surface area contributed by atoms with Gasteiger partial charge in [-0.2, -0.15) is 0 Å². The summed E-state index contributed by atoms with van der Waals surface area (Å²) in [5.41, 5.74) is 3.72. The number of benzene rings is 3. The molecule has 1 aliphatic rings. The summed E-state index contributed by atoms with van der Waals surface area (Å²) in [4.78, 5) is 0. The molecule has 3 aromatic rings. The van der Waals surface area contributed by atoms with Gasteiger partial charge in [-0.15, -0.1) is 0 Å². The van der Waals surface area contributed by atoms with Crippen LogP contribution in [0.1, 0.15) is 82.3 Å². The van der Waals surface area contributed by atoms with E-state index in [9.17, 15) is 8.78 Å². The van der Waals surface area contributed by atoms with Crippen LogP contribution in [0.3, 0.4) is 0 Å². The highest BCUT2D eigenvalue weighted by atomic mass is 19.2. The zero-order valence-corrected chi connectivity index (χ0v) is 20.3. The monoisotopic (exact) mass is 464 g/mol. The van der Waals surface area contributed by atoms with Crippen LogP contribution in [0.5, 0.6) is 0 Å². The number of aryl methyl sites for hydroxylation is 1. The molecule has 3 heteroatoms. The Balaban J connectivity index is 1.45. The predicted octanol–water partition coefficient (Wildman–Crippen LogP) is 9.85. The Kier molecular flexibility index (Phi) is 8.13. The second-order valence-corrected chi connectivity index (χ2v) is 9.78. The molecule has 3 aromatic carbocycles. The second kappa shape index (κ2) is 11.3. The fraction of sp³-hybridized carbons (Fsp3) is 0.419. The van der Waals surface area contributed by atoms with Crippen molar-refractivity contribution in [3.05, 3.63) is 83.2 Å². The molecule has 180 valence electrons. The van der Waals surface area contributed by atoms with E-state index in [0.717, 1.165) is 35.4 Å². The van der Waals surface area contributed by atoms with Gasteiger partial charge in [0.2, 0.25) is 0 Å². The molecule has 0 aromatic heterocycles. The minimum Gasteiger partial charge on any atom is -0.207 e. The molecular formula is C31H35F3. The lowest BCUT2D eigenvalue weighted by Crippen LogP contribution is -2.14. The van der Waals surface area contributed by atoms with Crippen LogP contribution < -0.4 is 0 Å². The Hall–Kier alpha value is -2.55. The molecule has 0 bridgehead atoms. The maximum Gasteiger partial charge on any atom is 0.166 e. The average Bonchev–Trinajstić information content (AvgIpc) is 2.86. The van der Waals surface area contributed by atoms with Crippen LogP contribution in [0.4, 0.5) is 13.2 Å². The van der Waals surface area contributed by atoms with Crippen LogP contribution in [-0.2, 0) is 6.42 Å². The molecule has 0 amide bonds. The molecule has 0 saturated heterocycles. The van der Waals surface area contributed by atoms with E-state index in [2.05, 4.69) is 6.92 Å². The first-order valence-corrected chi connectivity index (χ1v) is 12.9. The molecule has 0 heterocycles. The third-order valence-corrected chi connectivity index (χ3v) is 7.58. The molecule has 0 radical (unpaired) electrons. The van der Waals surface area contributed by atoms with Crippen molar-refractivity contribution in [2.45, 2.75) is 77.6 Å². The van der Waals surface area contributed by atoms with E-state index in [-0.39, 0.29) is 11.4 Å². The van der Waals surface area contributed by atoms with Gasteiger partial charge in [-0.1, -0.05) is 88.1 Å². The second-order valence-electron chi connectivity index (χ2n) is 9.78. The normalized spacial score (nSPS) is 18.3. The Bertz CT molecular complexity index is 1090. The number of rotatable bonds is 8. The van der Waals surface area contributed by atoms with E-state index in [1.54, 1.807) is 37.3 Å². The summed E-state index contributed by atoms with van der Waals surface area (Å²) in [5.74, 6) is -0.624. The van der Waals surface area contributed by atoms with Crippen molar-refractivity contribution in [3.63, 3.8) is 0 Å². The van der Waals surface area contributed by atoms with Crippen molar-refractivity contribution in [2.75, 3.05) is 0 Å². The number of hydrogen-bond acceptors (Lipinski definition) is 0. The lowest BCUT2D eigenvalue weighted by atomic mass is 9.76. The summed E-state index contributed by atoms with van der Waals surface area (Å²) < 4.78 is 43.8. The zero-order chi connectivity index (χ0) is 24.1. The maximum absolute atomic E-state index is 15.1.